The van der Waals surface area contributed by atoms with Crippen LogP contribution in [-0.4, -0.2) is 44.0 Å². The van der Waals surface area contributed by atoms with Crippen molar-refractivity contribution in [1.29, 1.82) is 0 Å². The van der Waals surface area contributed by atoms with Gasteiger partial charge in [-0.15, -0.1) is 11.8 Å². The molecule has 0 saturated heterocycles. The molecule has 0 atom stereocenters. The van der Waals surface area contributed by atoms with Gasteiger partial charge in [0.15, 0.2) is 6.29 Å². The van der Waals surface area contributed by atoms with Crippen molar-refractivity contribution in [3.8, 4) is 5.75 Å². The van der Waals surface area contributed by atoms with Crippen LogP contribution < -0.4 is 10.1 Å². The molecule has 0 bridgehead atoms. The lowest BCUT2D eigenvalue weighted by atomic mass is 10.2. The van der Waals surface area contributed by atoms with E-state index in [0.717, 1.165) is 5.56 Å². The third-order valence-electron chi connectivity index (χ3n) is 2.95. The summed E-state index contributed by atoms with van der Waals surface area (Å²) in [5.41, 5.74) is 1.49. The van der Waals surface area contributed by atoms with Crippen LogP contribution in [0.3, 0.4) is 0 Å². The summed E-state index contributed by atoms with van der Waals surface area (Å²) in [6, 6.07) is 3.49. The van der Waals surface area contributed by atoms with Gasteiger partial charge < -0.3 is 19.5 Å². The molecule has 130 valence electrons. The van der Waals surface area contributed by atoms with Crippen LogP contribution in [0.15, 0.2) is 12.1 Å². The Morgan fingerprint density at radius 3 is 2.52 bits per heavy atom. The molecule has 0 radical (unpaired) electrons. The lowest BCUT2D eigenvalue weighted by Gasteiger charge is -2.16. The summed E-state index contributed by atoms with van der Waals surface area (Å²) in [6.07, 6.45) is -0.282. The van der Waals surface area contributed by atoms with E-state index in [9.17, 15) is 4.79 Å². The molecule has 0 aliphatic heterocycles. The van der Waals surface area contributed by atoms with Gasteiger partial charge in [0.2, 0.25) is 5.91 Å². The number of anilines is 1. The molecule has 1 aromatic carbocycles. The molecule has 0 unspecified atom stereocenters. The van der Waals surface area contributed by atoms with E-state index in [1.54, 1.807) is 19.2 Å². The van der Waals surface area contributed by atoms with E-state index in [-0.39, 0.29) is 12.2 Å². The van der Waals surface area contributed by atoms with Crippen molar-refractivity contribution >= 4 is 35.0 Å². The molecule has 0 spiro atoms. The second-order valence-corrected chi connectivity index (χ2v) is 6.14. The number of hydrogen-bond acceptors (Lipinski definition) is 5. The number of aryl methyl sites for hydroxylation is 1. The minimum Gasteiger partial charge on any atom is -0.495 e. The number of carbonyl (C=O) groups excluding carboxylic acids is 1. The Morgan fingerprint density at radius 2 is 1.96 bits per heavy atom. The smallest absolute Gasteiger partial charge is 0.234 e. The third kappa shape index (κ3) is 6.99. The first kappa shape index (κ1) is 20.1. The van der Waals surface area contributed by atoms with Gasteiger partial charge in [0.25, 0.3) is 0 Å². The minimum absolute atomic E-state index is 0.109. The Bertz CT molecular complexity index is 507. The highest BCUT2D eigenvalue weighted by atomic mass is 35.5. The van der Waals surface area contributed by atoms with E-state index in [1.165, 1.54) is 11.8 Å². The molecule has 0 fully saturated rings. The van der Waals surface area contributed by atoms with Gasteiger partial charge >= 0.3 is 0 Å². The number of thioether (sulfide) groups is 1. The van der Waals surface area contributed by atoms with Gasteiger partial charge in [-0.05, 0) is 32.4 Å². The summed E-state index contributed by atoms with van der Waals surface area (Å²) < 4.78 is 16.1. The number of carbonyl (C=O) groups is 1. The van der Waals surface area contributed by atoms with Crippen LogP contribution in [0, 0.1) is 6.92 Å². The molecule has 0 aliphatic rings. The Kier molecular flexibility index (Phi) is 9.40. The Balaban J connectivity index is 2.52. The van der Waals surface area contributed by atoms with Gasteiger partial charge in [0.05, 0.1) is 18.6 Å². The Labute approximate surface area is 147 Å². The molecule has 0 aromatic heterocycles. The number of methoxy groups -OCH3 is 1. The first-order valence-electron chi connectivity index (χ1n) is 7.46. The van der Waals surface area contributed by atoms with Crippen LogP contribution in [0.2, 0.25) is 5.02 Å². The minimum atomic E-state index is -0.282. The van der Waals surface area contributed by atoms with E-state index in [4.69, 9.17) is 25.8 Å². The monoisotopic (exact) mass is 361 g/mol. The SMILES string of the molecule is CCOC(CSCC(=O)Nc1cc(C)c(Cl)cc1OC)OCC. The van der Waals surface area contributed by atoms with Gasteiger partial charge in [-0.25, -0.2) is 0 Å². The van der Waals surface area contributed by atoms with E-state index in [2.05, 4.69) is 5.32 Å². The topological polar surface area (TPSA) is 56.8 Å². The van der Waals surface area contributed by atoms with E-state index >= 15 is 0 Å². The summed E-state index contributed by atoms with van der Waals surface area (Å²) >= 11 is 7.51. The number of nitrogens with one attached hydrogen (secondary N) is 1. The van der Waals surface area contributed by atoms with Crippen LogP contribution in [0.25, 0.3) is 0 Å². The fourth-order valence-corrected chi connectivity index (χ4v) is 2.79. The van der Waals surface area contributed by atoms with Crippen LogP contribution in [0.4, 0.5) is 5.69 Å². The fourth-order valence-electron chi connectivity index (χ4n) is 1.88. The summed E-state index contributed by atoms with van der Waals surface area (Å²) in [5, 5.41) is 3.44. The number of ether oxygens (including phenoxy) is 3. The lowest BCUT2D eigenvalue weighted by Crippen LogP contribution is -2.22. The van der Waals surface area contributed by atoms with E-state index in [0.29, 0.717) is 41.2 Å². The molecular weight excluding hydrogens is 338 g/mol. The predicted octanol–water partition coefficient (Wildman–Crippen LogP) is 3.73. The molecule has 1 aromatic rings. The molecule has 23 heavy (non-hydrogen) atoms. The zero-order valence-corrected chi connectivity index (χ0v) is 15.6. The van der Waals surface area contributed by atoms with Crippen LogP contribution in [-0.2, 0) is 14.3 Å². The highest BCUT2D eigenvalue weighted by Gasteiger charge is 2.12. The molecule has 1 rings (SSSR count). The zero-order valence-electron chi connectivity index (χ0n) is 14.0. The molecule has 7 heteroatoms. The van der Waals surface area contributed by atoms with Crippen LogP contribution >= 0.6 is 23.4 Å². The number of halogens is 1. The molecule has 0 aliphatic carbocycles. The average molecular weight is 362 g/mol. The molecule has 1 N–H and O–H groups in total. The van der Waals surface area contributed by atoms with Crippen molar-refractivity contribution < 1.29 is 19.0 Å². The summed E-state index contributed by atoms with van der Waals surface area (Å²) in [5.74, 6) is 1.34. The maximum Gasteiger partial charge on any atom is 0.234 e. The van der Waals surface area contributed by atoms with Crippen molar-refractivity contribution in [3.05, 3.63) is 22.7 Å². The number of rotatable bonds is 10. The average Bonchev–Trinajstić information content (AvgIpc) is 2.51. The maximum atomic E-state index is 12.1. The van der Waals surface area contributed by atoms with Crippen LogP contribution in [0.1, 0.15) is 19.4 Å². The number of benzene rings is 1. The maximum absolute atomic E-state index is 12.1. The van der Waals surface area contributed by atoms with Crippen molar-refractivity contribution in [2.75, 3.05) is 37.1 Å². The normalized spacial score (nSPS) is 10.9. The third-order valence-corrected chi connectivity index (χ3v) is 4.33. The van der Waals surface area contributed by atoms with Gasteiger partial charge in [0, 0.05) is 30.1 Å². The second-order valence-electron chi connectivity index (χ2n) is 4.71. The van der Waals surface area contributed by atoms with Gasteiger partial charge in [-0.2, -0.15) is 0 Å². The lowest BCUT2D eigenvalue weighted by molar-refractivity contribution is -0.120. The van der Waals surface area contributed by atoms with Crippen molar-refractivity contribution in [1.82, 2.24) is 0 Å². The molecule has 0 heterocycles. The van der Waals surface area contributed by atoms with Crippen LogP contribution in [0.5, 0.6) is 5.75 Å². The first-order valence-corrected chi connectivity index (χ1v) is 8.99. The predicted molar refractivity (Wildman–Crippen MR) is 95.7 cm³/mol. The van der Waals surface area contributed by atoms with Gasteiger partial charge in [0.1, 0.15) is 5.75 Å². The highest BCUT2D eigenvalue weighted by Crippen LogP contribution is 2.31. The fraction of sp³-hybridized carbons (Fsp3) is 0.562. The summed E-state index contributed by atoms with van der Waals surface area (Å²) in [6.45, 7) is 6.87. The molecular formula is C16H24ClNO4S. The summed E-state index contributed by atoms with van der Waals surface area (Å²) in [4.78, 5) is 12.1. The van der Waals surface area contributed by atoms with Crippen molar-refractivity contribution in [2.24, 2.45) is 0 Å². The van der Waals surface area contributed by atoms with E-state index < -0.39 is 0 Å². The van der Waals surface area contributed by atoms with Crippen molar-refractivity contribution in [3.63, 3.8) is 0 Å². The van der Waals surface area contributed by atoms with Gasteiger partial charge in [-0.3, -0.25) is 4.79 Å². The zero-order chi connectivity index (χ0) is 17.2. The second kappa shape index (κ2) is 10.8. The Hall–Kier alpha value is -0.950. The highest BCUT2D eigenvalue weighted by molar-refractivity contribution is 8.00. The summed E-state index contributed by atoms with van der Waals surface area (Å²) in [7, 11) is 1.54. The Morgan fingerprint density at radius 1 is 1.30 bits per heavy atom. The number of amides is 1. The van der Waals surface area contributed by atoms with Gasteiger partial charge in [-0.1, -0.05) is 11.6 Å². The largest absolute Gasteiger partial charge is 0.495 e. The van der Waals surface area contributed by atoms with Crippen molar-refractivity contribution in [2.45, 2.75) is 27.1 Å². The molecule has 5 nitrogen and oxygen atoms in total. The quantitative estimate of drug-likeness (QED) is 0.643. The standard InChI is InChI=1S/C16H24ClNO4S/c1-5-21-16(22-6-2)10-23-9-15(19)18-13-7-11(3)12(17)8-14(13)20-4/h7-8,16H,5-6,9-10H2,1-4H3,(H,18,19). The molecule has 1 amide bonds. The molecule has 0 saturated carbocycles. The first-order chi connectivity index (χ1) is 11.0. The number of hydrogen-bond donors (Lipinski definition) is 1. The van der Waals surface area contributed by atoms with E-state index in [1.807, 2.05) is 20.8 Å².